The van der Waals surface area contributed by atoms with Crippen LogP contribution in [-0.2, 0) is 21.5 Å². The Balaban J connectivity index is 1.34. The molecule has 1 aromatic rings. The van der Waals surface area contributed by atoms with Crippen LogP contribution in [-0.4, -0.2) is 66.0 Å². The van der Waals surface area contributed by atoms with E-state index in [1.807, 2.05) is 0 Å². The normalized spacial score (nSPS) is 24.0. The van der Waals surface area contributed by atoms with E-state index >= 15 is 0 Å². The Morgan fingerprint density at radius 2 is 1.69 bits per heavy atom. The van der Waals surface area contributed by atoms with Crippen LogP contribution < -0.4 is 5.56 Å². The van der Waals surface area contributed by atoms with Gasteiger partial charge in [-0.05, 0) is 31.6 Å². The second-order valence-electron chi connectivity index (χ2n) is 7.44. The molecule has 3 aliphatic rings. The molecule has 4 rings (SSSR count). The molecule has 0 bridgehead atoms. The standard InChI is InChI=1S/C17H26N4O4S/c22-17-11-16(15-1-2-15)18-13-19(17)12-14-3-5-20(6-4-14)26(23,24)21-7-9-25-10-8-21/h11,13-15H,1-10,12H2. The molecule has 8 nitrogen and oxygen atoms in total. The van der Waals surface area contributed by atoms with Gasteiger partial charge in [-0.3, -0.25) is 9.36 Å². The van der Waals surface area contributed by atoms with Crippen molar-refractivity contribution in [2.45, 2.75) is 38.1 Å². The predicted molar refractivity (Wildman–Crippen MR) is 96.1 cm³/mol. The Labute approximate surface area is 153 Å². The first-order chi connectivity index (χ1) is 12.5. The largest absolute Gasteiger partial charge is 0.379 e. The van der Waals surface area contributed by atoms with E-state index in [2.05, 4.69) is 4.98 Å². The van der Waals surface area contributed by atoms with E-state index < -0.39 is 10.2 Å². The fourth-order valence-electron chi connectivity index (χ4n) is 3.72. The van der Waals surface area contributed by atoms with Crippen molar-refractivity contribution in [3.63, 3.8) is 0 Å². The Morgan fingerprint density at radius 1 is 1.04 bits per heavy atom. The number of hydrogen-bond donors (Lipinski definition) is 0. The minimum absolute atomic E-state index is 0.00488. The minimum atomic E-state index is -3.39. The molecule has 1 saturated carbocycles. The van der Waals surface area contributed by atoms with Crippen molar-refractivity contribution in [3.8, 4) is 0 Å². The average Bonchev–Trinajstić information content (AvgIpc) is 3.50. The second-order valence-corrected chi connectivity index (χ2v) is 9.37. The van der Waals surface area contributed by atoms with Crippen molar-refractivity contribution in [1.82, 2.24) is 18.2 Å². The molecule has 26 heavy (non-hydrogen) atoms. The maximum Gasteiger partial charge on any atom is 0.282 e. The average molecular weight is 382 g/mol. The Kier molecular flexibility index (Phi) is 5.13. The summed E-state index contributed by atoms with van der Waals surface area (Å²) in [5, 5.41) is 0. The molecule has 2 aliphatic heterocycles. The highest BCUT2D eigenvalue weighted by molar-refractivity contribution is 7.86. The van der Waals surface area contributed by atoms with Gasteiger partial charge in [0.2, 0.25) is 0 Å². The van der Waals surface area contributed by atoms with E-state index in [9.17, 15) is 13.2 Å². The molecule has 0 N–H and O–H groups in total. The van der Waals surface area contributed by atoms with Crippen LogP contribution in [0.3, 0.4) is 0 Å². The van der Waals surface area contributed by atoms with Gasteiger partial charge in [0.25, 0.3) is 15.8 Å². The van der Waals surface area contributed by atoms with E-state index in [-0.39, 0.29) is 5.56 Å². The summed E-state index contributed by atoms with van der Waals surface area (Å²) in [4.78, 5) is 16.7. The third kappa shape index (κ3) is 3.85. The SMILES string of the molecule is O=c1cc(C2CC2)ncn1CC1CCN(S(=O)(=O)N2CCOCC2)CC1. The number of morpholine rings is 1. The lowest BCUT2D eigenvalue weighted by molar-refractivity contribution is 0.0692. The minimum Gasteiger partial charge on any atom is -0.379 e. The molecular formula is C17H26N4O4S. The van der Waals surface area contributed by atoms with Crippen LogP contribution in [0.5, 0.6) is 0 Å². The van der Waals surface area contributed by atoms with Gasteiger partial charge >= 0.3 is 0 Å². The summed E-state index contributed by atoms with van der Waals surface area (Å²) in [5.41, 5.74) is 0.919. The predicted octanol–water partition coefficient (Wildman–Crippen LogP) is 0.410. The Morgan fingerprint density at radius 3 is 2.31 bits per heavy atom. The zero-order valence-electron chi connectivity index (χ0n) is 14.9. The van der Waals surface area contributed by atoms with Gasteiger partial charge in [-0.1, -0.05) is 0 Å². The number of piperidine rings is 1. The Bertz CT molecular complexity index is 791. The third-order valence-electron chi connectivity index (χ3n) is 5.55. The van der Waals surface area contributed by atoms with Crippen molar-refractivity contribution in [2.24, 2.45) is 5.92 Å². The second kappa shape index (κ2) is 7.38. The molecule has 3 fully saturated rings. The molecule has 0 atom stereocenters. The van der Waals surface area contributed by atoms with Gasteiger partial charge in [0.1, 0.15) is 0 Å². The number of hydrogen-bond acceptors (Lipinski definition) is 5. The lowest BCUT2D eigenvalue weighted by atomic mass is 9.98. The highest BCUT2D eigenvalue weighted by atomic mass is 32.2. The first-order valence-corrected chi connectivity index (χ1v) is 10.8. The van der Waals surface area contributed by atoms with Crippen molar-refractivity contribution >= 4 is 10.2 Å². The Hall–Kier alpha value is -1.29. The third-order valence-corrected chi connectivity index (χ3v) is 7.58. The van der Waals surface area contributed by atoms with Crippen LogP contribution in [0.25, 0.3) is 0 Å². The molecule has 1 aromatic heterocycles. The monoisotopic (exact) mass is 382 g/mol. The number of aromatic nitrogens is 2. The van der Waals surface area contributed by atoms with E-state index in [4.69, 9.17) is 4.74 Å². The topological polar surface area (TPSA) is 84.7 Å². The lowest BCUT2D eigenvalue weighted by Crippen LogP contribution is -2.51. The van der Waals surface area contributed by atoms with Crippen LogP contribution >= 0.6 is 0 Å². The maximum absolute atomic E-state index is 12.7. The van der Waals surface area contributed by atoms with Gasteiger partial charge in [0.15, 0.2) is 0 Å². The summed E-state index contributed by atoms with van der Waals surface area (Å²) >= 11 is 0. The van der Waals surface area contributed by atoms with Crippen molar-refractivity contribution in [3.05, 3.63) is 28.4 Å². The quantitative estimate of drug-likeness (QED) is 0.736. The van der Waals surface area contributed by atoms with Gasteiger partial charge in [-0.25, -0.2) is 4.98 Å². The van der Waals surface area contributed by atoms with Gasteiger partial charge < -0.3 is 4.74 Å². The van der Waals surface area contributed by atoms with Crippen molar-refractivity contribution in [1.29, 1.82) is 0 Å². The van der Waals surface area contributed by atoms with E-state index in [0.717, 1.165) is 31.4 Å². The van der Waals surface area contributed by atoms with Gasteiger partial charge in [-0.15, -0.1) is 0 Å². The number of ether oxygens (including phenoxy) is 1. The number of rotatable bonds is 5. The summed E-state index contributed by atoms with van der Waals surface area (Å²) in [7, 11) is -3.39. The zero-order chi connectivity index (χ0) is 18.1. The van der Waals surface area contributed by atoms with E-state index in [1.165, 1.54) is 4.31 Å². The summed E-state index contributed by atoms with van der Waals surface area (Å²) < 4.78 is 35.4. The fourth-order valence-corrected chi connectivity index (χ4v) is 5.33. The van der Waals surface area contributed by atoms with Crippen LogP contribution in [0.4, 0.5) is 0 Å². The molecular weight excluding hydrogens is 356 g/mol. The molecule has 144 valence electrons. The number of nitrogens with zero attached hydrogens (tertiary/aromatic N) is 4. The van der Waals surface area contributed by atoms with Gasteiger partial charge in [-0.2, -0.15) is 17.0 Å². The molecule has 2 saturated heterocycles. The summed E-state index contributed by atoms with van der Waals surface area (Å²) in [6, 6.07) is 1.66. The first-order valence-electron chi connectivity index (χ1n) is 9.43. The van der Waals surface area contributed by atoms with Gasteiger partial charge in [0.05, 0.1) is 25.2 Å². The highest BCUT2D eigenvalue weighted by Crippen LogP contribution is 2.38. The molecule has 0 unspecified atom stereocenters. The summed E-state index contributed by atoms with van der Waals surface area (Å²) in [5.74, 6) is 0.781. The lowest BCUT2D eigenvalue weighted by Gasteiger charge is -2.36. The highest BCUT2D eigenvalue weighted by Gasteiger charge is 2.34. The molecule has 0 aromatic carbocycles. The van der Waals surface area contributed by atoms with Crippen molar-refractivity contribution < 1.29 is 13.2 Å². The summed E-state index contributed by atoms with van der Waals surface area (Å²) in [6.45, 7) is 3.40. The van der Waals surface area contributed by atoms with Crippen LogP contribution in [0.2, 0.25) is 0 Å². The molecule has 0 amide bonds. The van der Waals surface area contributed by atoms with Crippen LogP contribution in [0.1, 0.15) is 37.3 Å². The molecule has 9 heteroatoms. The smallest absolute Gasteiger partial charge is 0.282 e. The molecule has 3 heterocycles. The van der Waals surface area contributed by atoms with Gasteiger partial charge in [0, 0.05) is 44.7 Å². The van der Waals surface area contributed by atoms with E-state index in [1.54, 1.807) is 21.3 Å². The molecule has 0 radical (unpaired) electrons. The van der Waals surface area contributed by atoms with E-state index in [0.29, 0.717) is 57.8 Å². The zero-order valence-corrected chi connectivity index (χ0v) is 15.7. The van der Waals surface area contributed by atoms with Crippen LogP contribution in [0.15, 0.2) is 17.2 Å². The van der Waals surface area contributed by atoms with Crippen LogP contribution in [0, 0.1) is 5.92 Å². The maximum atomic E-state index is 12.7. The summed E-state index contributed by atoms with van der Waals surface area (Å²) in [6.07, 6.45) is 5.45. The fraction of sp³-hybridized carbons (Fsp3) is 0.765. The molecule has 0 spiro atoms. The molecule has 1 aliphatic carbocycles. The van der Waals surface area contributed by atoms with Crippen molar-refractivity contribution in [2.75, 3.05) is 39.4 Å². The first kappa shape index (κ1) is 18.1.